The minimum atomic E-state index is 0.0252. The Bertz CT molecular complexity index is 388. The van der Waals surface area contributed by atoms with Crippen LogP contribution in [-0.2, 0) is 11.4 Å². The molecule has 0 saturated carbocycles. The van der Waals surface area contributed by atoms with Crippen LogP contribution in [0.1, 0.15) is 12.0 Å². The van der Waals surface area contributed by atoms with E-state index in [0.717, 1.165) is 29.3 Å². The van der Waals surface area contributed by atoms with Crippen LogP contribution in [0.5, 0.6) is 0 Å². The molecule has 98 valence electrons. The van der Waals surface area contributed by atoms with Gasteiger partial charge in [-0.05, 0) is 17.7 Å². The molecule has 1 unspecified atom stereocenters. The molecule has 0 bridgehead atoms. The van der Waals surface area contributed by atoms with Crippen molar-refractivity contribution >= 4 is 23.4 Å². The molecule has 1 aliphatic rings. The van der Waals surface area contributed by atoms with Gasteiger partial charge in [0.2, 0.25) is 5.91 Å². The summed E-state index contributed by atoms with van der Waals surface area (Å²) in [7, 11) is 0. The van der Waals surface area contributed by atoms with Gasteiger partial charge in [-0.15, -0.1) is 0 Å². The molecule has 1 aliphatic heterocycles. The lowest BCUT2D eigenvalue weighted by atomic mass is 10.2. The number of aliphatic hydroxyl groups excluding tert-OH is 1. The third-order valence-corrected chi connectivity index (χ3v) is 3.98. The highest BCUT2D eigenvalue weighted by molar-refractivity contribution is 7.99. The van der Waals surface area contributed by atoms with E-state index in [2.05, 4.69) is 10.6 Å². The molecule has 0 aliphatic carbocycles. The molecule has 1 amide bonds. The van der Waals surface area contributed by atoms with Crippen LogP contribution in [-0.4, -0.2) is 35.1 Å². The molecule has 0 aromatic heterocycles. The zero-order chi connectivity index (χ0) is 12.8. The Morgan fingerprint density at radius 2 is 2.22 bits per heavy atom. The Labute approximate surface area is 111 Å². The highest BCUT2D eigenvalue weighted by atomic mass is 32.2. The molecule has 4 nitrogen and oxygen atoms in total. The minimum Gasteiger partial charge on any atom is -0.392 e. The van der Waals surface area contributed by atoms with Gasteiger partial charge in [0, 0.05) is 36.2 Å². The second-order valence-electron chi connectivity index (χ2n) is 4.33. The van der Waals surface area contributed by atoms with Crippen molar-refractivity contribution in [2.24, 2.45) is 0 Å². The predicted molar refractivity (Wildman–Crippen MR) is 74.7 cm³/mol. The van der Waals surface area contributed by atoms with E-state index in [-0.39, 0.29) is 18.6 Å². The van der Waals surface area contributed by atoms with E-state index in [0.29, 0.717) is 6.42 Å². The molecular formula is C13H18N2O2S. The maximum absolute atomic E-state index is 11.8. The summed E-state index contributed by atoms with van der Waals surface area (Å²) in [4.78, 5) is 11.8. The number of carbonyl (C=O) groups is 1. The van der Waals surface area contributed by atoms with Crippen molar-refractivity contribution in [1.29, 1.82) is 0 Å². The molecular weight excluding hydrogens is 248 g/mol. The molecule has 0 radical (unpaired) electrons. The van der Waals surface area contributed by atoms with Gasteiger partial charge in [-0.3, -0.25) is 4.79 Å². The van der Waals surface area contributed by atoms with Crippen molar-refractivity contribution in [2.75, 3.05) is 23.4 Å². The van der Waals surface area contributed by atoms with Crippen molar-refractivity contribution < 1.29 is 9.90 Å². The van der Waals surface area contributed by atoms with Gasteiger partial charge < -0.3 is 15.7 Å². The molecule has 1 saturated heterocycles. The third-order valence-electron chi connectivity index (χ3n) is 2.85. The Morgan fingerprint density at radius 1 is 1.44 bits per heavy atom. The van der Waals surface area contributed by atoms with E-state index >= 15 is 0 Å². The Balaban J connectivity index is 1.82. The first-order valence-electron chi connectivity index (χ1n) is 6.08. The van der Waals surface area contributed by atoms with Gasteiger partial charge in [0.1, 0.15) is 0 Å². The van der Waals surface area contributed by atoms with Gasteiger partial charge in [0.05, 0.1) is 6.61 Å². The van der Waals surface area contributed by atoms with Crippen molar-refractivity contribution in [3.8, 4) is 0 Å². The molecule has 5 heteroatoms. The van der Waals surface area contributed by atoms with E-state index in [1.54, 1.807) is 0 Å². The molecule has 1 heterocycles. The van der Waals surface area contributed by atoms with E-state index in [9.17, 15) is 4.79 Å². The second-order valence-corrected chi connectivity index (χ2v) is 5.48. The van der Waals surface area contributed by atoms with Gasteiger partial charge in [-0.25, -0.2) is 0 Å². The number of hydrogen-bond donors (Lipinski definition) is 3. The summed E-state index contributed by atoms with van der Waals surface area (Å²) in [6, 6.07) is 7.52. The number of thioether (sulfide) groups is 1. The molecule has 1 aromatic carbocycles. The number of hydrogen-bond acceptors (Lipinski definition) is 4. The van der Waals surface area contributed by atoms with Crippen LogP contribution in [0, 0.1) is 0 Å². The van der Waals surface area contributed by atoms with Gasteiger partial charge >= 0.3 is 0 Å². The van der Waals surface area contributed by atoms with Crippen molar-refractivity contribution in [1.82, 2.24) is 5.32 Å². The summed E-state index contributed by atoms with van der Waals surface area (Å²) in [6.45, 7) is 1.01. The molecule has 1 fully saturated rings. The lowest BCUT2D eigenvalue weighted by Crippen LogP contribution is -2.39. The highest BCUT2D eigenvalue weighted by Gasteiger charge is 2.16. The summed E-state index contributed by atoms with van der Waals surface area (Å²) in [6.07, 6.45) is 0.509. The van der Waals surface area contributed by atoms with Crippen LogP contribution in [0.4, 0.5) is 5.69 Å². The Hall–Kier alpha value is -1.04. The van der Waals surface area contributed by atoms with Gasteiger partial charge in [0.25, 0.3) is 0 Å². The van der Waals surface area contributed by atoms with Crippen molar-refractivity contribution in [3.63, 3.8) is 0 Å². The second kappa shape index (κ2) is 6.78. The number of aliphatic hydroxyl groups is 1. The summed E-state index contributed by atoms with van der Waals surface area (Å²) in [5.41, 5.74) is 1.62. The quantitative estimate of drug-likeness (QED) is 0.766. The first kappa shape index (κ1) is 13.4. The van der Waals surface area contributed by atoms with Gasteiger partial charge in [-0.1, -0.05) is 12.1 Å². The first-order chi connectivity index (χ1) is 8.78. The molecule has 2 rings (SSSR count). The third kappa shape index (κ3) is 4.01. The van der Waals surface area contributed by atoms with Crippen LogP contribution in [0.15, 0.2) is 24.3 Å². The topological polar surface area (TPSA) is 61.4 Å². The van der Waals surface area contributed by atoms with Crippen LogP contribution >= 0.6 is 11.8 Å². The molecule has 1 aromatic rings. The number of rotatable bonds is 4. The molecule has 3 N–H and O–H groups in total. The van der Waals surface area contributed by atoms with Crippen LogP contribution < -0.4 is 10.6 Å². The van der Waals surface area contributed by atoms with Crippen LogP contribution in [0.25, 0.3) is 0 Å². The Kier molecular flexibility index (Phi) is 5.04. The first-order valence-corrected chi connectivity index (χ1v) is 7.24. The zero-order valence-corrected chi connectivity index (χ0v) is 11.0. The molecule has 1 atom stereocenters. The number of carbonyl (C=O) groups excluding carboxylic acids is 1. The number of nitrogens with one attached hydrogen (secondary N) is 2. The average Bonchev–Trinajstić information content (AvgIpc) is 2.40. The maximum atomic E-state index is 11.8. The van der Waals surface area contributed by atoms with E-state index in [1.807, 2.05) is 36.0 Å². The van der Waals surface area contributed by atoms with E-state index in [1.165, 1.54) is 0 Å². The number of amides is 1. The summed E-state index contributed by atoms with van der Waals surface area (Å²) in [5.74, 6) is 2.16. The smallest absolute Gasteiger partial charge is 0.225 e. The van der Waals surface area contributed by atoms with Gasteiger partial charge in [-0.2, -0.15) is 11.8 Å². The highest BCUT2D eigenvalue weighted by Crippen LogP contribution is 2.13. The minimum absolute atomic E-state index is 0.0252. The predicted octanol–water partition coefficient (Wildman–Crippen LogP) is 1.21. The average molecular weight is 266 g/mol. The normalized spacial score (nSPS) is 19.5. The summed E-state index contributed by atoms with van der Waals surface area (Å²) >= 11 is 1.89. The van der Waals surface area contributed by atoms with Crippen molar-refractivity contribution in [3.05, 3.63) is 29.8 Å². The van der Waals surface area contributed by atoms with Gasteiger partial charge in [0.15, 0.2) is 0 Å². The maximum Gasteiger partial charge on any atom is 0.225 e. The fourth-order valence-corrected chi connectivity index (χ4v) is 2.83. The standard InChI is InChI=1S/C13H18N2O2S/c16-8-10-1-3-11(4-2-10)15-13(17)7-12-9-18-6-5-14-12/h1-4,12,14,16H,5-9H2,(H,15,17). The molecule has 0 spiro atoms. The zero-order valence-electron chi connectivity index (χ0n) is 10.2. The summed E-state index contributed by atoms with van der Waals surface area (Å²) in [5, 5.41) is 15.1. The number of benzene rings is 1. The molecule has 18 heavy (non-hydrogen) atoms. The van der Waals surface area contributed by atoms with Crippen LogP contribution in [0.3, 0.4) is 0 Å². The van der Waals surface area contributed by atoms with E-state index in [4.69, 9.17) is 5.11 Å². The monoisotopic (exact) mass is 266 g/mol. The fraction of sp³-hybridized carbons (Fsp3) is 0.462. The Morgan fingerprint density at radius 3 is 2.83 bits per heavy atom. The largest absolute Gasteiger partial charge is 0.392 e. The SMILES string of the molecule is O=C(CC1CSCCN1)Nc1ccc(CO)cc1. The lowest BCUT2D eigenvalue weighted by Gasteiger charge is -2.22. The fourth-order valence-electron chi connectivity index (χ4n) is 1.88. The van der Waals surface area contributed by atoms with Crippen LogP contribution in [0.2, 0.25) is 0 Å². The van der Waals surface area contributed by atoms with Crippen molar-refractivity contribution in [2.45, 2.75) is 19.1 Å². The lowest BCUT2D eigenvalue weighted by molar-refractivity contribution is -0.116. The van der Waals surface area contributed by atoms with E-state index < -0.39 is 0 Å². The number of anilines is 1. The summed E-state index contributed by atoms with van der Waals surface area (Å²) < 4.78 is 0.